The Kier molecular flexibility index (Phi) is 7.58. The predicted octanol–water partition coefficient (Wildman–Crippen LogP) is 4.36. The van der Waals surface area contributed by atoms with E-state index in [4.69, 9.17) is 23.2 Å². The summed E-state index contributed by atoms with van der Waals surface area (Å²) in [5.74, 6) is 0.0232. The molecule has 1 saturated heterocycles. The molecule has 3 rings (SSSR count). The van der Waals surface area contributed by atoms with Crippen LogP contribution in [0.5, 0.6) is 0 Å². The van der Waals surface area contributed by atoms with E-state index >= 15 is 0 Å². The number of benzene rings is 2. The summed E-state index contributed by atoms with van der Waals surface area (Å²) in [6.45, 7) is 4.33. The summed E-state index contributed by atoms with van der Waals surface area (Å²) in [5, 5.41) is 10.9. The number of aliphatic hydroxyl groups excluding tert-OH is 1. The van der Waals surface area contributed by atoms with Gasteiger partial charge in [-0.1, -0.05) is 60.5 Å². The average molecular weight is 435 g/mol. The lowest BCUT2D eigenvalue weighted by Crippen LogP contribution is -2.39. The van der Waals surface area contributed by atoms with Crippen LogP contribution in [0.1, 0.15) is 36.1 Å². The van der Waals surface area contributed by atoms with Gasteiger partial charge < -0.3 is 10.0 Å². The number of carbonyl (C=O) groups excluding carboxylic acids is 1. The standard InChI is InChI=1S/C23H28Cl2N2O2/c1-3-16-5-4-6-18(11-16)22(15-27-10-9-19(28)14-27)26(2)23(29)13-17-7-8-20(24)21(25)12-17/h4-8,11-12,19,22,28H,3,9-10,13-15H2,1-2H3/t19-,22+/m0/s1. The molecule has 0 unspecified atom stereocenters. The Labute approximate surface area is 183 Å². The topological polar surface area (TPSA) is 43.8 Å². The van der Waals surface area contributed by atoms with Crippen LogP contribution in [0.4, 0.5) is 0 Å². The number of carbonyl (C=O) groups is 1. The van der Waals surface area contributed by atoms with E-state index in [1.807, 2.05) is 18.0 Å². The summed E-state index contributed by atoms with van der Waals surface area (Å²) >= 11 is 12.1. The van der Waals surface area contributed by atoms with Crippen LogP contribution in [-0.2, 0) is 17.6 Å². The molecule has 29 heavy (non-hydrogen) atoms. The van der Waals surface area contributed by atoms with Crippen molar-refractivity contribution < 1.29 is 9.90 Å². The second-order valence-corrected chi connectivity index (χ2v) is 8.56. The van der Waals surface area contributed by atoms with Crippen LogP contribution in [0.15, 0.2) is 42.5 Å². The first-order valence-corrected chi connectivity index (χ1v) is 10.8. The zero-order chi connectivity index (χ0) is 21.0. The van der Waals surface area contributed by atoms with Gasteiger partial charge >= 0.3 is 0 Å². The third kappa shape index (κ3) is 5.73. The van der Waals surface area contributed by atoms with Crippen molar-refractivity contribution in [3.63, 3.8) is 0 Å². The van der Waals surface area contributed by atoms with Crippen molar-refractivity contribution in [1.29, 1.82) is 0 Å². The van der Waals surface area contributed by atoms with Gasteiger partial charge in [0.05, 0.1) is 28.6 Å². The summed E-state index contributed by atoms with van der Waals surface area (Å²) in [6, 6.07) is 13.7. The summed E-state index contributed by atoms with van der Waals surface area (Å²) in [4.78, 5) is 17.2. The number of likely N-dealkylation sites (N-methyl/N-ethyl adjacent to an activating group) is 1. The first kappa shape index (κ1) is 22.1. The third-order valence-corrected chi connectivity index (χ3v) is 6.36. The van der Waals surface area contributed by atoms with Gasteiger partial charge in [0.25, 0.3) is 0 Å². The molecule has 0 radical (unpaired) electrons. The number of rotatable bonds is 7. The highest BCUT2D eigenvalue weighted by molar-refractivity contribution is 6.42. The summed E-state index contributed by atoms with van der Waals surface area (Å²) in [6.07, 6.45) is 1.71. The summed E-state index contributed by atoms with van der Waals surface area (Å²) < 4.78 is 0. The van der Waals surface area contributed by atoms with Crippen molar-refractivity contribution in [2.45, 2.75) is 38.3 Å². The highest BCUT2D eigenvalue weighted by atomic mass is 35.5. The second-order valence-electron chi connectivity index (χ2n) is 7.75. The lowest BCUT2D eigenvalue weighted by atomic mass is 10.0. The van der Waals surface area contributed by atoms with Crippen LogP contribution in [0.3, 0.4) is 0 Å². The predicted molar refractivity (Wildman–Crippen MR) is 119 cm³/mol. The molecule has 156 valence electrons. The van der Waals surface area contributed by atoms with Crippen molar-refractivity contribution >= 4 is 29.1 Å². The van der Waals surface area contributed by atoms with Gasteiger partial charge in [-0.25, -0.2) is 0 Å². The Morgan fingerprint density at radius 3 is 2.66 bits per heavy atom. The number of aryl methyl sites for hydroxylation is 1. The van der Waals surface area contributed by atoms with E-state index in [1.54, 1.807) is 12.1 Å². The van der Waals surface area contributed by atoms with E-state index in [1.165, 1.54) is 5.56 Å². The minimum absolute atomic E-state index is 0.0232. The Bertz CT molecular complexity index is 859. The molecule has 0 saturated carbocycles. The zero-order valence-electron chi connectivity index (χ0n) is 16.9. The van der Waals surface area contributed by atoms with Gasteiger partial charge in [-0.05, 0) is 41.7 Å². The minimum Gasteiger partial charge on any atom is -0.392 e. The highest BCUT2D eigenvalue weighted by Crippen LogP contribution is 2.26. The molecular formula is C23H28Cl2N2O2. The Balaban J connectivity index is 1.81. The van der Waals surface area contributed by atoms with Crippen molar-refractivity contribution in [2.75, 3.05) is 26.7 Å². The van der Waals surface area contributed by atoms with Gasteiger partial charge in [0, 0.05) is 26.7 Å². The van der Waals surface area contributed by atoms with Crippen LogP contribution in [0, 0.1) is 0 Å². The molecule has 1 N–H and O–H groups in total. The number of amides is 1. The van der Waals surface area contributed by atoms with Gasteiger partial charge in [0.2, 0.25) is 5.91 Å². The molecule has 1 fully saturated rings. The van der Waals surface area contributed by atoms with Gasteiger partial charge in [-0.2, -0.15) is 0 Å². The van der Waals surface area contributed by atoms with Crippen LogP contribution >= 0.6 is 23.2 Å². The zero-order valence-corrected chi connectivity index (χ0v) is 18.5. The molecule has 0 bridgehead atoms. The highest BCUT2D eigenvalue weighted by Gasteiger charge is 2.28. The van der Waals surface area contributed by atoms with E-state index in [9.17, 15) is 9.90 Å². The fourth-order valence-electron chi connectivity index (χ4n) is 3.82. The molecule has 2 aromatic rings. The van der Waals surface area contributed by atoms with Gasteiger partial charge in [0.15, 0.2) is 0 Å². The quantitative estimate of drug-likeness (QED) is 0.703. The maximum Gasteiger partial charge on any atom is 0.227 e. The van der Waals surface area contributed by atoms with Gasteiger partial charge in [-0.15, -0.1) is 0 Å². The van der Waals surface area contributed by atoms with E-state index in [0.29, 0.717) is 23.1 Å². The first-order valence-electron chi connectivity index (χ1n) is 10.1. The number of aliphatic hydroxyl groups is 1. The fourth-order valence-corrected chi connectivity index (χ4v) is 4.14. The van der Waals surface area contributed by atoms with Crippen LogP contribution < -0.4 is 0 Å². The molecule has 2 atom stereocenters. The molecule has 1 aliphatic heterocycles. The Hall–Kier alpha value is -1.59. The van der Waals surface area contributed by atoms with Crippen molar-refractivity contribution in [3.8, 4) is 0 Å². The molecule has 0 spiro atoms. The summed E-state index contributed by atoms with van der Waals surface area (Å²) in [7, 11) is 1.86. The number of halogens is 2. The normalized spacial score (nSPS) is 18.0. The lowest BCUT2D eigenvalue weighted by molar-refractivity contribution is -0.131. The maximum atomic E-state index is 13.1. The fraction of sp³-hybridized carbons (Fsp3) is 0.435. The smallest absolute Gasteiger partial charge is 0.227 e. The molecule has 6 heteroatoms. The van der Waals surface area contributed by atoms with E-state index in [-0.39, 0.29) is 24.5 Å². The Morgan fingerprint density at radius 2 is 2.00 bits per heavy atom. The number of β-amino-alcohol motifs (C(OH)–C–C–N with tert-alkyl or cyclic N) is 1. The van der Waals surface area contributed by atoms with Crippen molar-refractivity contribution in [2.24, 2.45) is 0 Å². The average Bonchev–Trinajstić information content (AvgIpc) is 3.13. The van der Waals surface area contributed by atoms with Crippen molar-refractivity contribution in [1.82, 2.24) is 9.80 Å². The molecule has 4 nitrogen and oxygen atoms in total. The van der Waals surface area contributed by atoms with E-state index in [0.717, 1.165) is 30.5 Å². The molecule has 0 aliphatic carbocycles. The van der Waals surface area contributed by atoms with E-state index < -0.39 is 0 Å². The van der Waals surface area contributed by atoms with Crippen LogP contribution in [0.25, 0.3) is 0 Å². The number of nitrogens with zero attached hydrogens (tertiary/aromatic N) is 2. The van der Waals surface area contributed by atoms with Gasteiger partial charge in [-0.3, -0.25) is 9.69 Å². The molecule has 1 amide bonds. The number of hydrogen-bond acceptors (Lipinski definition) is 3. The number of likely N-dealkylation sites (tertiary alicyclic amines) is 1. The largest absolute Gasteiger partial charge is 0.392 e. The molecule has 0 aromatic heterocycles. The minimum atomic E-state index is -0.283. The van der Waals surface area contributed by atoms with Crippen LogP contribution in [0.2, 0.25) is 10.0 Å². The van der Waals surface area contributed by atoms with Gasteiger partial charge in [0.1, 0.15) is 0 Å². The molecule has 2 aromatic carbocycles. The monoisotopic (exact) mass is 434 g/mol. The number of hydrogen-bond donors (Lipinski definition) is 1. The van der Waals surface area contributed by atoms with Crippen molar-refractivity contribution in [3.05, 3.63) is 69.2 Å². The van der Waals surface area contributed by atoms with Crippen LogP contribution in [-0.4, -0.2) is 53.6 Å². The molecule has 1 heterocycles. The van der Waals surface area contributed by atoms with E-state index in [2.05, 4.69) is 36.1 Å². The molecule has 1 aliphatic rings. The second kappa shape index (κ2) is 9.94. The summed E-state index contributed by atoms with van der Waals surface area (Å²) in [5.41, 5.74) is 3.21. The maximum absolute atomic E-state index is 13.1. The third-order valence-electron chi connectivity index (χ3n) is 5.62. The first-order chi connectivity index (χ1) is 13.9. The SMILES string of the molecule is CCc1cccc([C@@H](CN2CC[C@H](O)C2)N(C)C(=O)Cc2ccc(Cl)c(Cl)c2)c1. The lowest BCUT2D eigenvalue weighted by Gasteiger charge is -2.32. The molecular weight excluding hydrogens is 407 g/mol. The Morgan fingerprint density at radius 1 is 1.21 bits per heavy atom.